The first-order valence-electron chi connectivity index (χ1n) is 5.09. The lowest BCUT2D eigenvalue weighted by molar-refractivity contribution is -0.383. The molecule has 7 nitrogen and oxygen atoms in total. The van der Waals surface area contributed by atoms with Gasteiger partial charge in [0.1, 0.15) is 11.4 Å². The van der Waals surface area contributed by atoms with Gasteiger partial charge in [0.25, 0.3) is 0 Å². The average molecular weight is 238 g/mol. The van der Waals surface area contributed by atoms with Crippen molar-refractivity contribution in [3.63, 3.8) is 0 Å². The lowest BCUT2D eigenvalue weighted by Gasteiger charge is -2.09. The number of carbonyl (C=O) groups excluding carboxylic acids is 1. The maximum Gasteiger partial charge on any atom is 0.315 e. The van der Waals surface area contributed by atoms with Crippen molar-refractivity contribution >= 4 is 23.0 Å². The van der Waals surface area contributed by atoms with Gasteiger partial charge in [-0.15, -0.1) is 0 Å². The first kappa shape index (κ1) is 12.8. The summed E-state index contributed by atoms with van der Waals surface area (Å²) in [5, 5.41) is 16.5. The summed E-state index contributed by atoms with van der Waals surface area (Å²) in [5.41, 5.74) is 5.57. The standard InChI is InChI=1S/C10H14N4O3/c1-2-12-7-4-3-5-8(10(7)14(16)17)13-6-9(11)15/h3-5,12-13H,2,6H2,1H3,(H2,11,15). The zero-order valence-electron chi connectivity index (χ0n) is 9.40. The molecule has 1 amide bonds. The monoisotopic (exact) mass is 238 g/mol. The number of hydrogen-bond donors (Lipinski definition) is 3. The molecule has 0 bridgehead atoms. The lowest BCUT2D eigenvalue weighted by atomic mass is 10.2. The van der Waals surface area contributed by atoms with Crippen molar-refractivity contribution < 1.29 is 9.72 Å². The molecule has 0 aliphatic heterocycles. The predicted octanol–water partition coefficient (Wildman–Crippen LogP) is 0.924. The van der Waals surface area contributed by atoms with E-state index in [2.05, 4.69) is 10.6 Å². The second-order valence-corrected chi connectivity index (χ2v) is 3.31. The van der Waals surface area contributed by atoms with Crippen molar-refractivity contribution in [1.82, 2.24) is 0 Å². The van der Waals surface area contributed by atoms with Gasteiger partial charge in [-0.05, 0) is 19.1 Å². The lowest BCUT2D eigenvalue weighted by Crippen LogP contribution is -2.22. The van der Waals surface area contributed by atoms with E-state index in [9.17, 15) is 14.9 Å². The average Bonchev–Trinajstić information content (AvgIpc) is 2.26. The van der Waals surface area contributed by atoms with Gasteiger partial charge in [-0.25, -0.2) is 0 Å². The van der Waals surface area contributed by atoms with Crippen LogP contribution in [0.2, 0.25) is 0 Å². The molecule has 1 aromatic rings. The van der Waals surface area contributed by atoms with E-state index in [1.165, 1.54) is 6.07 Å². The van der Waals surface area contributed by atoms with Gasteiger partial charge in [0.05, 0.1) is 11.5 Å². The van der Waals surface area contributed by atoms with Crippen molar-refractivity contribution in [3.05, 3.63) is 28.3 Å². The van der Waals surface area contributed by atoms with Crippen LogP contribution in [0.15, 0.2) is 18.2 Å². The number of anilines is 2. The second kappa shape index (κ2) is 5.69. The summed E-state index contributed by atoms with van der Waals surface area (Å²) < 4.78 is 0. The number of nitrogens with zero attached hydrogens (tertiary/aromatic N) is 1. The van der Waals surface area contributed by atoms with Crippen LogP contribution in [0.25, 0.3) is 0 Å². The molecule has 17 heavy (non-hydrogen) atoms. The van der Waals surface area contributed by atoms with Crippen LogP contribution in [0.3, 0.4) is 0 Å². The third-order valence-electron chi connectivity index (χ3n) is 2.04. The Kier molecular flexibility index (Phi) is 4.27. The third-order valence-corrected chi connectivity index (χ3v) is 2.04. The van der Waals surface area contributed by atoms with Crippen molar-refractivity contribution in [2.75, 3.05) is 23.7 Å². The van der Waals surface area contributed by atoms with Gasteiger partial charge in [0.2, 0.25) is 5.91 Å². The van der Waals surface area contributed by atoms with E-state index in [1.807, 2.05) is 6.92 Å². The molecule has 0 heterocycles. The minimum absolute atomic E-state index is 0.0874. The number of nitro groups is 1. The van der Waals surface area contributed by atoms with Crippen molar-refractivity contribution in [3.8, 4) is 0 Å². The molecule has 1 aromatic carbocycles. The van der Waals surface area contributed by atoms with Crippen LogP contribution in [0.4, 0.5) is 17.1 Å². The molecule has 0 aromatic heterocycles. The van der Waals surface area contributed by atoms with Gasteiger partial charge in [0, 0.05) is 6.54 Å². The summed E-state index contributed by atoms with van der Waals surface area (Å²) in [6.45, 7) is 2.27. The van der Waals surface area contributed by atoms with E-state index in [-0.39, 0.29) is 17.9 Å². The number of nitrogens with two attached hydrogens (primary N) is 1. The van der Waals surface area contributed by atoms with Gasteiger partial charge < -0.3 is 16.4 Å². The Balaban J connectivity index is 3.06. The number of benzene rings is 1. The molecule has 0 spiro atoms. The first-order valence-corrected chi connectivity index (χ1v) is 5.09. The third kappa shape index (κ3) is 3.33. The highest BCUT2D eigenvalue weighted by Crippen LogP contribution is 2.32. The number of nitrogens with one attached hydrogen (secondary N) is 2. The molecule has 7 heteroatoms. The number of rotatable bonds is 6. The summed E-state index contributed by atoms with van der Waals surface area (Å²) in [7, 11) is 0. The van der Waals surface area contributed by atoms with E-state index >= 15 is 0 Å². The van der Waals surface area contributed by atoms with Gasteiger partial charge >= 0.3 is 5.69 Å². The summed E-state index contributed by atoms with van der Waals surface area (Å²) in [4.78, 5) is 21.1. The van der Waals surface area contributed by atoms with Crippen LogP contribution in [-0.4, -0.2) is 23.9 Å². The molecule has 92 valence electrons. The fourth-order valence-corrected chi connectivity index (χ4v) is 1.40. The predicted molar refractivity (Wildman–Crippen MR) is 64.9 cm³/mol. The highest BCUT2D eigenvalue weighted by Gasteiger charge is 2.19. The summed E-state index contributed by atoms with van der Waals surface area (Å²) in [5.74, 6) is -0.576. The van der Waals surface area contributed by atoms with Gasteiger partial charge in [-0.2, -0.15) is 0 Å². The summed E-state index contributed by atoms with van der Waals surface area (Å²) in [6, 6.07) is 4.80. The number of para-hydroxylation sites is 1. The Morgan fingerprint density at radius 2 is 2.00 bits per heavy atom. The van der Waals surface area contributed by atoms with E-state index in [4.69, 9.17) is 5.73 Å². The quantitative estimate of drug-likeness (QED) is 0.504. The van der Waals surface area contributed by atoms with E-state index < -0.39 is 10.8 Å². The maximum absolute atomic E-state index is 11.0. The fourth-order valence-electron chi connectivity index (χ4n) is 1.40. The molecule has 0 atom stereocenters. The van der Waals surface area contributed by atoms with Gasteiger partial charge in [-0.3, -0.25) is 14.9 Å². The van der Waals surface area contributed by atoms with Crippen LogP contribution in [0.1, 0.15) is 6.92 Å². The van der Waals surface area contributed by atoms with Crippen molar-refractivity contribution in [2.45, 2.75) is 6.92 Å². The molecule has 0 fully saturated rings. The summed E-state index contributed by atoms with van der Waals surface area (Å²) in [6.07, 6.45) is 0. The highest BCUT2D eigenvalue weighted by molar-refractivity contribution is 5.82. The molecule has 0 radical (unpaired) electrons. The van der Waals surface area contributed by atoms with Gasteiger partial charge in [-0.1, -0.05) is 6.07 Å². The molecule has 0 saturated carbocycles. The van der Waals surface area contributed by atoms with Crippen LogP contribution in [0, 0.1) is 10.1 Å². The maximum atomic E-state index is 11.0. The van der Waals surface area contributed by atoms with Gasteiger partial charge in [0.15, 0.2) is 0 Å². The number of nitro benzene ring substituents is 1. The molecule has 0 unspecified atom stereocenters. The van der Waals surface area contributed by atoms with Crippen LogP contribution < -0.4 is 16.4 Å². The minimum Gasteiger partial charge on any atom is -0.380 e. The van der Waals surface area contributed by atoms with E-state index in [1.54, 1.807) is 12.1 Å². The zero-order chi connectivity index (χ0) is 12.8. The molecule has 0 aliphatic carbocycles. The minimum atomic E-state index is -0.576. The molecular formula is C10H14N4O3. The zero-order valence-corrected chi connectivity index (χ0v) is 9.40. The van der Waals surface area contributed by atoms with E-state index in [0.717, 1.165) is 0 Å². The molecule has 0 aliphatic rings. The van der Waals surface area contributed by atoms with Crippen LogP contribution in [0.5, 0.6) is 0 Å². The highest BCUT2D eigenvalue weighted by atomic mass is 16.6. The Hall–Kier alpha value is -2.31. The molecule has 4 N–H and O–H groups in total. The van der Waals surface area contributed by atoms with Crippen molar-refractivity contribution in [2.24, 2.45) is 5.73 Å². The number of amides is 1. The second-order valence-electron chi connectivity index (χ2n) is 3.31. The smallest absolute Gasteiger partial charge is 0.315 e. The van der Waals surface area contributed by atoms with Crippen molar-refractivity contribution in [1.29, 1.82) is 0 Å². The topological polar surface area (TPSA) is 110 Å². The SMILES string of the molecule is CCNc1cccc(NCC(N)=O)c1[N+](=O)[O-]. The molecular weight excluding hydrogens is 224 g/mol. The molecule has 1 rings (SSSR count). The fraction of sp³-hybridized carbons (Fsp3) is 0.300. The number of primary amides is 1. The Bertz CT molecular complexity index is 434. The Labute approximate surface area is 98.1 Å². The normalized spacial score (nSPS) is 9.71. The molecule has 0 saturated heterocycles. The number of hydrogen-bond acceptors (Lipinski definition) is 5. The largest absolute Gasteiger partial charge is 0.380 e. The first-order chi connectivity index (χ1) is 8.06. The summed E-state index contributed by atoms with van der Waals surface area (Å²) >= 11 is 0. The van der Waals surface area contributed by atoms with Crippen LogP contribution in [-0.2, 0) is 4.79 Å². The Morgan fingerprint density at radius 3 is 2.47 bits per heavy atom. The van der Waals surface area contributed by atoms with Crippen LogP contribution >= 0.6 is 0 Å². The Morgan fingerprint density at radius 1 is 1.41 bits per heavy atom. The number of carbonyl (C=O) groups is 1. The van der Waals surface area contributed by atoms with E-state index in [0.29, 0.717) is 12.2 Å².